The van der Waals surface area contributed by atoms with E-state index in [1.165, 1.54) is 0 Å². The number of carbonyl (C=O) groups excluding carboxylic acids is 1. The average molecular weight is 389 g/mol. The van der Waals surface area contributed by atoms with Crippen LogP contribution in [-0.4, -0.2) is 58.2 Å². The summed E-state index contributed by atoms with van der Waals surface area (Å²) >= 11 is -1.09. The van der Waals surface area contributed by atoms with Crippen molar-refractivity contribution in [3.05, 3.63) is 0 Å². The Kier molecular flexibility index (Phi) is 6.59. The lowest BCUT2D eigenvalue weighted by atomic mass is 9.69. The van der Waals surface area contributed by atoms with Crippen LogP contribution >= 0.6 is 0 Å². The van der Waals surface area contributed by atoms with E-state index in [2.05, 4.69) is 11.6 Å². The number of amides is 1. The molecule has 0 bridgehead atoms. The van der Waals surface area contributed by atoms with Crippen molar-refractivity contribution in [2.45, 2.75) is 77.8 Å². The third-order valence-electron chi connectivity index (χ3n) is 5.39. The third-order valence-corrected chi connectivity index (χ3v) is 6.93. The maximum absolute atomic E-state index is 12.4. The molecule has 2 saturated heterocycles. The fourth-order valence-corrected chi connectivity index (χ4v) is 4.52. The van der Waals surface area contributed by atoms with Crippen molar-refractivity contribution in [3.63, 3.8) is 0 Å². The molecule has 2 aliphatic heterocycles. The van der Waals surface area contributed by atoms with Crippen molar-refractivity contribution in [3.8, 4) is 0 Å². The van der Waals surface area contributed by atoms with Gasteiger partial charge >= 0.3 is 6.09 Å². The maximum atomic E-state index is 12.4. The number of carbonyl (C=O) groups is 1. The van der Waals surface area contributed by atoms with Crippen molar-refractivity contribution in [1.82, 2.24) is 9.62 Å². The number of hydrogen-bond donors (Lipinski definition) is 1. The van der Waals surface area contributed by atoms with Gasteiger partial charge in [0.15, 0.2) is 0 Å². The van der Waals surface area contributed by atoms with Gasteiger partial charge in [0.1, 0.15) is 10.3 Å². The molecule has 1 N–H and O–H groups in total. The summed E-state index contributed by atoms with van der Waals surface area (Å²) in [5, 5.41) is 0. The number of nitrogens with one attached hydrogen (secondary N) is 1. The van der Waals surface area contributed by atoms with Crippen LogP contribution in [0.4, 0.5) is 4.79 Å². The minimum absolute atomic E-state index is 0.0486. The van der Waals surface area contributed by atoms with Gasteiger partial charge < -0.3 is 18.9 Å². The molecule has 0 aliphatic carbocycles. The molecule has 0 unspecified atom stereocenters. The second kappa shape index (κ2) is 7.86. The number of piperidine rings is 1. The van der Waals surface area contributed by atoms with E-state index in [4.69, 9.17) is 9.47 Å². The van der Waals surface area contributed by atoms with Gasteiger partial charge in [0.2, 0.25) is 0 Å². The second-order valence-corrected chi connectivity index (χ2v) is 11.7. The molecule has 0 aromatic rings. The highest BCUT2D eigenvalue weighted by atomic mass is 32.2. The van der Waals surface area contributed by atoms with Gasteiger partial charge in [0, 0.05) is 42.3 Å². The zero-order chi connectivity index (χ0) is 19.8. The van der Waals surface area contributed by atoms with E-state index in [1.807, 2.05) is 41.5 Å². The van der Waals surface area contributed by atoms with Crippen LogP contribution in [-0.2, 0) is 20.8 Å². The van der Waals surface area contributed by atoms with Gasteiger partial charge in [-0.3, -0.25) is 0 Å². The van der Waals surface area contributed by atoms with Crippen molar-refractivity contribution in [1.29, 1.82) is 0 Å². The number of nitrogens with zero attached hydrogens (tertiary/aromatic N) is 1. The molecule has 2 aliphatic rings. The van der Waals surface area contributed by atoms with Gasteiger partial charge in [0.25, 0.3) is 0 Å². The van der Waals surface area contributed by atoms with E-state index in [0.717, 1.165) is 12.8 Å². The van der Waals surface area contributed by atoms with Crippen LogP contribution < -0.4 is 4.72 Å². The molecule has 0 aromatic carbocycles. The zero-order valence-corrected chi connectivity index (χ0v) is 18.2. The number of ether oxygens (including phenoxy) is 2. The Morgan fingerprint density at radius 3 is 2.35 bits per heavy atom. The van der Waals surface area contributed by atoms with Crippen molar-refractivity contribution < 1.29 is 18.8 Å². The van der Waals surface area contributed by atoms with Crippen LogP contribution in [0.1, 0.15) is 61.3 Å². The molecular formula is C19H36N2O4S. The van der Waals surface area contributed by atoms with E-state index in [0.29, 0.717) is 32.2 Å². The average Bonchev–Trinajstić information content (AvgIpc) is 2.79. The number of hydrogen-bond acceptors (Lipinski definition) is 5. The molecule has 7 heteroatoms. The highest BCUT2D eigenvalue weighted by Crippen LogP contribution is 2.46. The van der Waals surface area contributed by atoms with Gasteiger partial charge in [0.05, 0.1) is 12.7 Å². The zero-order valence-electron chi connectivity index (χ0n) is 17.4. The van der Waals surface area contributed by atoms with Gasteiger partial charge in [-0.25, -0.2) is 4.79 Å². The van der Waals surface area contributed by atoms with Gasteiger partial charge in [-0.1, -0.05) is 0 Å². The topological polar surface area (TPSA) is 73.9 Å². The normalized spacial score (nSPS) is 27.6. The van der Waals surface area contributed by atoms with Crippen LogP contribution in [0.3, 0.4) is 0 Å². The molecular weight excluding hydrogens is 352 g/mol. The summed E-state index contributed by atoms with van der Waals surface area (Å²) in [5.41, 5.74) is -0.423. The largest absolute Gasteiger partial charge is 0.598 e. The van der Waals surface area contributed by atoms with E-state index < -0.39 is 17.0 Å². The summed E-state index contributed by atoms with van der Waals surface area (Å²) in [5.74, 6) is 0.301. The summed E-state index contributed by atoms with van der Waals surface area (Å²) in [6.07, 6.45) is 1.69. The molecule has 2 heterocycles. The minimum Gasteiger partial charge on any atom is -0.598 e. The summed E-state index contributed by atoms with van der Waals surface area (Å²) < 4.78 is 26.8. The fraction of sp³-hybridized carbons (Fsp3) is 0.947. The predicted octanol–water partition coefficient (Wildman–Crippen LogP) is 3.09. The van der Waals surface area contributed by atoms with E-state index in [1.54, 1.807) is 4.90 Å². The minimum atomic E-state index is -1.09. The molecule has 0 aromatic heterocycles. The maximum Gasteiger partial charge on any atom is 0.410 e. The summed E-state index contributed by atoms with van der Waals surface area (Å²) in [6.45, 7) is 16.4. The summed E-state index contributed by atoms with van der Waals surface area (Å²) in [7, 11) is 0. The molecule has 0 radical (unpaired) electrons. The molecule has 3 atom stereocenters. The Labute approximate surface area is 161 Å². The molecule has 0 saturated carbocycles. The van der Waals surface area contributed by atoms with Crippen LogP contribution in [0.25, 0.3) is 0 Å². The predicted molar refractivity (Wildman–Crippen MR) is 104 cm³/mol. The summed E-state index contributed by atoms with van der Waals surface area (Å²) in [4.78, 5) is 14.1. The van der Waals surface area contributed by atoms with Crippen LogP contribution in [0.5, 0.6) is 0 Å². The highest BCUT2D eigenvalue weighted by molar-refractivity contribution is 7.90. The molecule has 2 rings (SSSR count). The standard InChI is InChI=1S/C19H36N2O4S/c1-14-15(12-20-26(23)18(5,6)7)19(13-24-14)8-10-21(11-9-19)16(22)25-17(2,3)4/h14-15,20H,8-13H2,1-7H3/t14-,15+,26+/m0/s1. The quantitative estimate of drug-likeness (QED) is 0.752. The smallest absolute Gasteiger partial charge is 0.410 e. The van der Waals surface area contributed by atoms with Gasteiger partial charge in [-0.2, -0.15) is 0 Å². The van der Waals surface area contributed by atoms with E-state index in [9.17, 15) is 9.35 Å². The van der Waals surface area contributed by atoms with E-state index >= 15 is 0 Å². The first kappa shape index (κ1) is 21.8. The second-order valence-electron chi connectivity index (χ2n) is 9.68. The third kappa shape index (κ3) is 5.27. The first-order valence-electron chi connectivity index (χ1n) is 9.59. The molecule has 1 spiro atoms. The van der Waals surface area contributed by atoms with E-state index in [-0.39, 0.29) is 22.4 Å². The van der Waals surface area contributed by atoms with Crippen LogP contribution in [0.2, 0.25) is 0 Å². The number of likely N-dealkylation sites (tertiary alicyclic amines) is 1. The lowest BCUT2D eigenvalue weighted by Gasteiger charge is -2.42. The Bertz CT molecular complexity index is 493. The lowest BCUT2D eigenvalue weighted by Crippen LogP contribution is -2.51. The molecule has 26 heavy (non-hydrogen) atoms. The van der Waals surface area contributed by atoms with Gasteiger partial charge in [-0.05, 0) is 61.3 Å². The molecule has 6 nitrogen and oxygen atoms in total. The summed E-state index contributed by atoms with van der Waals surface area (Å²) in [6, 6.07) is 0. The van der Waals surface area contributed by atoms with Crippen LogP contribution in [0.15, 0.2) is 0 Å². The van der Waals surface area contributed by atoms with Crippen molar-refractivity contribution in [2.75, 3.05) is 26.2 Å². The molecule has 2 fully saturated rings. The SMILES string of the molecule is C[C@@H]1OCC2(CCN(C(=O)OC(C)(C)C)CC2)[C@@H]1CN[S@+]([O-])C(C)(C)C. The first-order chi connectivity index (χ1) is 11.8. The first-order valence-corrected chi connectivity index (χ1v) is 10.7. The van der Waals surface area contributed by atoms with Crippen molar-refractivity contribution in [2.24, 2.45) is 11.3 Å². The molecule has 152 valence electrons. The number of rotatable bonds is 3. The highest BCUT2D eigenvalue weighted by Gasteiger charge is 2.50. The van der Waals surface area contributed by atoms with Crippen LogP contribution in [0, 0.1) is 11.3 Å². The van der Waals surface area contributed by atoms with Gasteiger partial charge in [-0.15, -0.1) is 4.72 Å². The Balaban J connectivity index is 1.95. The monoisotopic (exact) mass is 388 g/mol. The Morgan fingerprint density at radius 1 is 1.27 bits per heavy atom. The van der Waals surface area contributed by atoms with Crippen molar-refractivity contribution >= 4 is 17.5 Å². The Morgan fingerprint density at radius 2 is 1.85 bits per heavy atom. The molecule has 1 amide bonds. The Hall–Kier alpha value is -0.500. The lowest BCUT2D eigenvalue weighted by molar-refractivity contribution is 0.00407. The fourth-order valence-electron chi connectivity index (χ4n) is 3.76.